The third-order valence-corrected chi connectivity index (χ3v) is 3.93. The van der Waals surface area contributed by atoms with Crippen molar-refractivity contribution in [1.29, 1.82) is 0 Å². The molecule has 2 rings (SSSR count). The van der Waals surface area contributed by atoms with Crippen molar-refractivity contribution in [3.05, 3.63) is 24.3 Å². The maximum absolute atomic E-state index is 12.1. The van der Waals surface area contributed by atoms with E-state index in [0.29, 0.717) is 18.2 Å². The summed E-state index contributed by atoms with van der Waals surface area (Å²) in [6.45, 7) is 5.99. The quantitative estimate of drug-likeness (QED) is 0.390. The molecule has 0 amide bonds. The van der Waals surface area contributed by atoms with Crippen molar-refractivity contribution in [3.8, 4) is 5.75 Å². The number of ether oxygens (including phenoxy) is 1. The SMILES string of the molecule is CCN1CCCC(CN=C(N)Nc2ccc(OC(F)(F)F)cc2)C1.I. The molecule has 1 atom stereocenters. The fourth-order valence-electron chi connectivity index (χ4n) is 2.74. The number of halogens is 4. The van der Waals surface area contributed by atoms with E-state index in [1.54, 1.807) is 0 Å². The van der Waals surface area contributed by atoms with Gasteiger partial charge in [-0.15, -0.1) is 37.1 Å². The number of benzene rings is 1. The summed E-state index contributed by atoms with van der Waals surface area (Å²) in [6, 6.07) is 5.37. The molecule has 9 heteroatoms. The summed E-state index contributed by atoms with van der Waals surface area (Å²) in [5.41, 5.74) is 6.40. The highest BCUT2D eigenvalue weighted by Crippen LogP contribution is 2.24. The zero-order valence-electron chi connectivity index (χ0n) is 14.1. The average molecular weight is 472 g/mol. The van der Waals surface area contributed by atoms with Crippen LogP contribution in [0.25, 0.3) is 0 Å². The number of rotatable bonds is 5. The lowest BCUT2D eigenvalue weighted by Crippen LogP contribution is -2.36. The van der Waals surface area contributed by atoms with E-state index in [-0.39, 0.29) is 35.7 Å². The average Bonchev–Trinajstić information content (AvgIpc) is 2.54. The Labute approximate surface area is 162 Å². The lowest BCUT2D eigenvalue weighted by Gasteiger charge is -2.30. The lowest BCUT2D eigenvalue weighted by atomic mass is 9.98. The van der Waals surface area contributed by atoms with Crippen molar-refractivity contribution in [2.24, 2.45) is 16.6 Å². The first-order chi connectivity index (χ1) is 11.4. The fourth-order valence-corrected chi connectivity index (χ4v) is 2.74. The molecule has 1 aromatic carbocycles. The van der Waals surface area contributed by atoms with Crippen LogP contribution in [-0.2, 0) is 0 Å². The van der Waals surface area contributed by atoms with E-state index in [0.717, 1.165) is 26.1 Å². The number of piperidine rings is 1. The van der Waals surface area contributed by atoms with Crippen molar-refractivity contribution in [2.45, 2.75) is 26.1 Å². The lowest BCUT2D eigenvalue weighted by molar-refractivity contribution is -0.274. The van der Waals surface area contributed by atoms with E-state index in [4.69, 9.17) is 5.73 Å². The topological polar surface area (TPSA) is 62.9 Å². The van der Waals surface area contributed by atoms with Gasteiger partial charge in [0.1, 0.15) is 5.75 Å². The second kappa shape index (κ2) is 10.0. The molecule has 0 aliphatic carbocycles. The van der Waals surface area contributed by atoms with Crippen LogP contribution < -0.4 is 15.8 Å². The van der Waals surface area contributed by atoms with Crippen LogP contribution >= 0.6 is 24.0 Å². The van der Waals surface area contributed by atoms with Crippen molar-refractivity contribution in [2.75, 3.05) is 31.5 Å². The van der Waals surface area contributed by atoms with E-state index >= 15 is 0 Å². The Morgan fingerprint density at radius 1 is 1.36 bits per heavy atom. The molecule has 0 saturated carbocycles. The van der Waals surface area contributed by atoms with Gasteiger partial charge in [-0.2, -0.15) is 0 Å². The predicted molar refractivity (Wildman–Crippen MR) is 103 cm³/mol. The first-order valence-electron chi connectivity index (χ1n) is 8.01. The van der Waals surface area contributed by atoms with Crippen LogP contribution in [0, 0.1) is 5.92 Å². The van der Waals surface area contributed by atoms with Gasteiger partial charge in [0.15, 0.2) is 5.96 Å². The first kappa shape index (κ1) is 21.8. The fraction of sp³-hybridized carbons (Fsp3) is 0.562. The molecule has 1 aliphatic rings. The number of aliphatic imine (C=N–C) groups is 1. The van der Waals surface area contributed by atoms with Crippen LogP contribution in [0.2, 0.25) is 0 Å². The maximum Gasteiger partial charge on any atom is 0.573 e. The number of guanidine groups is 1. The van der Waals surface area contributed by atoms with Gasteiger partial charge in [-0.25, -0.2) is 0 Å². The largest absolute Gasteiger partial charge is 0.573 e. The second-order valence-corrected chi connectivity index (χ2v) is 5.82. The monoisotopic (exact) mass is 472 g/mol. The molecule has 0 spiro atoms. The second-order valence-electron chi connectivity index (χ2n) is 5.82. The smallest absolute Gasteiger partial charge is 0.406 e. The highest BCUT2D eigenvalue weighted by Gasteiger charge is 2.30. The molecule has 142 valence electrons. The molecule has 3 N–H and O–H groups in total. The van der Waals surface area contributed by atoms with Crippen LogP contribution in [0.1, 0.15) is 19.8 Å². The summed E-state index contributed by atoms with van der Waals surface area (Å²) >= 11 is 0. The van der Waals surface area contributed by atoms with Crippen molar-refractivity contribution in [3.63, 3.8) is 0 Å². The van der Waals surface area contributed by atoms with Crippen LogP contribution in [0.4, 0.5) is 18.9 Å². The summed E-state index contributed by atoms with van der Waals surface area (Å²) in [6.07, 6.45) is -2.39. The molecule has 1 aromatic rings. The molecule has 0 radical (unpaired) electrons. The number of nitrogens with one attached hydrogen (secondary N) is 1. The van der Waals surface area contributed by atoms with E-state index in [9.17, 15) is 13.2 Å². The minimum atomic E-state index is -4.69. The van der Waals surface area contributed by atoms with Gasteiger partial charge in [0.25, 0.3) is 0 Å². The Bertz CT molecular complexity index is 551. The van der Waals surface area contributed by atoms with E-state index in [1.807, 2.05) is 0 Å². The number of nitrogens with zero attached hydrogens (tertiary/aromatic N) is 2. The minimum Gasteiger partial charge on any atom is -0.406 e. The Morgan fingerprint density at radius 3 is 2.64 bits per heavy atom. The molecule has 1 fully saturated rings. The van der Waals surface area contributed by atoms with Crippen LogP contribution in [-0.4, -0.2) is 43.4 Å². The minimum absolute atomic E-state index is 0. The highest BCUT2D eigenvalue weighted by molar-refractivity contribution is 14.0. The zero-order valence-corrected chi connectivity index (χ0v) is 16.4. The highest BCUT2D eigenvalue weighted by atomic mass is 127. The zero-order chi connectivity index (χ0) is 17.6. The Balaban J connectivity index is 0.00000312. The maximum atomic E-state index is 12.1. The molecular formula is C16H24F3IN4O. The summed E-state index contributed by atoms with van der Waals surface area (Å²) in [4.78, 5) is 6.73. The standard InChI is InChI=1S/C16H23F3N4O.HI/c1-2-23-9-3-4-12(11-23)10-21-15(20)22-13-5-7-14(8-6-13)24-16(17,18)19;/h5-8,12H,2-4,9-11H2,1H3,(H3,20,21,22);1H. The molecule has 0 aromatic heterocycles. The summed E-state index contributed by atoms with van der Waals surface area (Å²) in [5.74, 6) is 0.472. The Kier molecular flexibility index (Phi) is 8.77. The van der Waals surface area contributed by atoms with E-state index < -0.39 is 6.36 Å². The van der Waals surface area contributed by atoms with Crippen molar-refractivity contribution >= 4 is 35.6 Å². The first-order valence-corrected chi connectivity index (χ1v) is 8.01. The Hall–Kier alpha value is -1.23. The van der Waals surface area contributed by atoms with Crippen LogP contribution in [0.5, 0.6) is 5.75 Å². The molecule has 0 bridgehead atoms. The summed E-state index contributed by atoms with van der Waals surface area (Å²) in [7, 11) is 0. The molecule has 1 saturated heterocycles. The number of nitrogens with two attached hydrogens (primary N) is 1. The number of anilines is 1. The van der Waals surface area contributed by atoms with Crippen LogP contribution in [0.15, 0.2) is 29.3 Å². The number of likely N-dealkylation sites (tertiary alicyclic amines) is 1. The van der Waals surface area contributed by atoms with Gasteiger partial charge in [-0.1, -0.05) is 6.92 Å². The van der Waals surface area contributed by atoms with Crippen molar-refractivity contribution in [1.82, 2.24) is 4.90 Å². The van der Waals surface area contributed by atoms with Gasteiger partial charge < -0.3 is 20.7 Å². The molecular weight excluding hydrogens is 448 g/mol. The number of alkyl halides is 3. The number of hydrogen-bond donors (Lipinski definition) is 2. The summed E-state index contributed by atoms with van der Waals surface area (Å²) in [5, 5.41) is 2.87. The molecule has 1 unspecified atom stereocenters. The molecule has 1 heterocycles. The van der Waals surface area contributed by atoms with Gasteiger partial charge in [0, 0.05) is 18.8 Å². The summed E-state index contributed by atoms with van der Waals surface area (Å²) < 4.78 is 40.1. The van der Waals surface area contributed by atoms with Crippen LogP contribution in [0.3, 0.4) is 0 Å². The van der Waals surface area contributed by atoms with Crippen molar-refractivity contribution < 1.29 is 17.9 Å². The predicted octanol–water partition coefficient (Wildman–Crippen LogP) is 3.66. The van der Waals surface area contributed by atoms with Gasteiger partial charge in [0.2, 0.25) is 0 Å². The van der Waals surface area contributed by atoms with E-state index in [2.05, 4.69) is 26.9 Å². The molecule has 25 heavy (non-hydrogen) atoms. The van der Waals surface area contributed by atoms with Gasteiger partial charge in [-0.05, 0) is 56.1 Å². The molecule has 1 aliphatic heterocycles. The Morgan fingerprint density at radius 2 is 2.04 bits per heavy atom. The van der Waals surface area contributed by atoms with E-state index in [1.165, 1.54) is 30.7 Å². The van der Waals surface area contributed by atoms with Gasteiger partial charge in [0.05, 0.1) is 0 Å². The normalized spacial score (nSPS) is 19.2. The third-order valence-electron chi connectivity index (χ3n) is 3.93. The number of hydrogen-bond acceptors (Lipinski definition) is 3. The van der Waals surface area contributed by atoms with Gasteiger partial charge >= 0.3 is 6.36 Å². The third kappa shape index (κ3) is 8.13. The van der Waals surface area contributed by atoms with Gasteiger partial charge in [-0.3, -0.25) is 4.99 Å². The molecule has 5 nitrogen and oxygen atoms in total.